The van der Waals surface area contributed by atoms with Crippen LogP contribution in [0.15, 0.2) is 18.2 Å². The zero-order chi connectivity index (χ0) is 9.97. The summed E-state index contributed by atoms with van der Waals surface area (Å²) in [6, 6.07) is 5.30. The number of fused-ring (bicyclic) bond motifs is 1. The van der Waals surface area contributed by atoms with E-state index in [1.54, 1.807) is 12.1 Å². The number of phenols is 1. The van der Waals surface area contributed by atoms with Crippen molar-refractivity contribution in [1.82, 2.24) is 0 Å². The summed E-state index contributed by atoms with van der Waals surface area (Å²) in [6.07, 6.45) is 3.17. The fourth-order valence-electron chi connectivity index (χ4n) is 1.79. The van der Waals surface area contributed by atoms with Crippen molar-refractivity contribution in [2.24, 2.45) is 5.73 Å². The van der Waals surface area contributed by atoms with Crippen LogP contribution in [0.4, 0.5) is 0 Å². The second-order valence-electron chi connectivity index (χ2n) is 3.67. The van der Waals surface area contributed by atoms with Crippen LogP contribution >= 0.6 is 0 Å². The largest absolute Gasteiger partial charge is 0.508 e. The lowest BCUT2D eigenvalue weighted by molar-refractivity contribution is 0.218. The van der Waals surface area contributed by atoms with Gasteiger partial charge in [-0.3, -0.25) is 0 Å². The predicted octanol–water partition coefficient (Wildman–Crippen LogP) is 1.43. The number of hydrogen-bond acceptors (Lipinski definition) is 3. The summed E-state index contributed by atoms with van der Waals surface area (Å²) in [5, 5.41) is 9.26. The van der Waals surface area contributed by atoms with Gasteiger partial charge in [-0.2, -0.15) is 0 Å². The monoisotopic (exact) mass is 193 g/mol. The van der Waals surface area contributed by atoms with E-state index in [1.807, 2.05) is 6.07 Å². The normalized spacial score (nSPS) is 19.1. The second-order valence-corrected chi connectivity index (χ2v) is 3.67. The highest BCUT2D eigenvalue weighted by molar-refractivity contribution is 5.42. The van der Waals surface area contributed by atoms with Crippen LogP contribution in [0.5, 0.6) is 11.5 Å². The lowest BCUT2D eigenvalue weighted by Crippen LogP contribution is -2.14. The number of ether oxygens (including phenoxy) is 1. The Bertz CT molecular complexity index is 325. The maximum absolute atomic E-state index is 9.26. The third-order valence-electron chi connectivity index (χ3n) is 2.52. The fourth-order valence-corrected chi connectivity index (χ4v) is 1.79. The van der Waals surface area contributed by atoms with Gasteiger partial charge in [0, 0.05) is 12.5 Å². The number of hydrogen-bond donors (Lipinski definition) is 2. The van der Waals surface area contributed by atoms with Gasteiger partial charge in [-0.15, -0.1) is 0 Å². The molecule has 0 aromatic heterocycles. The van der Waals surface area contributed by atoms with Crippen LogP contribution in [0.3, 0.4) is 0 Å². The molecule has 1 aliphatic heterocycles. The molecule has 0 spiro atoms. The first kappa shape index (κ1) is 9.34. The average Bonchev–Trinajstić information content (AvgIpc) is 2.56. The zero-order valence-corrected chi connectivity index (χ0v) is 8.07. The molecule has 0 saturated heterocycles. The molecule has 1 aromatic carbocycles. The first-order valence-electron chi connectivity index (χ1n) is 4.98. The Balaban J connectivity index is 2.03. The van der Waals surface area contributed by atoms with Crippen molar-refractivity contribution in [2.75, 3.05) is 6.54 Å². The Morgan fingerprint density at radius 1 is 1.50 bits per heavy atom. The van der Waals surface area contributed by atoms with E-state index in [2.05, 4.69) is 0 Å². The van der Waals surface area contributed by atoms with Crippen LogP contribution < -0.4 is 10.5 Å². The number of phenolic OH excluding ortho intramolecular Hbond substituents is 1. The molecular weight excluding hydrogens is 178 g/mol. The topological polar surface area (TPSA) is 55.5 Å². The molecule has 0 bridgehead atoms. The molecular formula is C11H15NO2. The highest BCUT2D eigenvalue weighted by Gasteiger charge is 2.22. The lowest BCUT2D eigenvalue weighted by Gasteiger charge is -2.08. The van der Waals surface area contributed by atoms with Gasteiger partial charge >= 0.3 is 0 Å². The number of nitrogens with two attached hydrogens (primary N) is 1. The molecule has 3 nitrogen and oxygen atoms in total. The van der Waals surface area contributed by atoms with Crippen LogP contribution in [0, 0.1) is 0 Å². The molecule has 14 heavy (non-hydrogen) atoms. The smallest absolute Gasteiger partial charge is 0.126 e. The summed E-state index contributed by atoms with van der Waals surface area (Å²) >= 11 is 0. The molecule has 0 amide bonds. The minimum absolute atomic E-state index is 0.246. The zero-order valence-electron chi connectivity index (χ0n) is 8.07. The molecule has 2 rings (SSSR count). The van der Waals surface area contributed by atoms with Crippen molar-refractivity contribution in [3.63, 3.8) is 0 Å². The van der Waals surface area contributed by atoms with E-state index < -0.39 is 0 Å². The molecule has 76 valence electrons. The van der Waals surface area contributed by atoms with Crippen LogP contribution in [-0.4, -0.2) is 17.8 Å². The Kier molecular flexibility index (Phi) is 2.59. The van der Waals surface area contributed by atoms with Crippen molar-refractivity contribution in [3.05, 3.63) is 23.8 Å². The molecule has 3 N–H and O–H groups in total. The van der Waals surface area contributed by atoms with Crippen LogP contribution in [-0.2, 0) is 6.42 Å². The van der Waals surface area contributed by atoms with Crippen LogP contribution in [0.1, 0.15) is 18.4 Å². The van der Waals surface area contributed by atoms with E-state index in [1.165, 1.54) is 5.56 Å². The fraction of sp³-hybridized carbons (Fsp3) is 0.455. The standard InChI is InChI=1S/C11H15NO2/c12-5-1-2-10-6-8-3-4-9(13)7-11(8)14-10/h3-4,7,10,13H,1-2,5-6,12H2. The minimum atomic E-state index is 0.246. The van der Waals surface area contributed by atoms with Gasteiger partial charge in [0.25, 0.3) is 0 Å². The van der Waals surface area contributed by atoms with E-state index in [-0.39, 0.29) is 11.9 Å². The summed E-state index contributed by atoms with van der Waals surface area (Å²) in [7, 11) is 0. The van der Waals surface area contributed by atoms with Gasteiger partial charge in [0.15, 0.2) is 0 Å². The van der Waals surface area contributed by atoms with Gasteiger partial charge in [-0.25, -0.2) is 0 Å². The summed E-state index contributed by atoms with van der Waals surface area (Å²) in [6.45, 7) is 0.710. The van der Waals surface area contributed by atoms with Crippen molar-refractivity contribution in [2.45, 2.75) is 25.4 Å². The second kappa shape index (κ2) is 3.88. The maximum Gasteiger partial charge on any atom is 0.126 e. The third-order valence-corrected chi connectivity index (χ3v) is 2.52. The Hall–Kier alpha value is -1.22. The molecule has 1 atom stereocenters. The quantitative estimate of drug-likeness (QED) is 0.763. The maximum atomic E-state index is 9.26. The highest BCUT2D eigenvalue weighted by Crippen LogP contribution is 2.33. The van der Waals surface area contributed by atoms with Crippen LogP contribution in [0.25, 0.3) is 0 Å². The van der Waals surface area contributed by atoms with Gasteiger partial charge < -0.3 is 15.6 Å². The summed E-state index contributed by atoms with van der Waals surface area (Å²) in [5.74, 6) is 1.09. The van der Waals surface area contributed by atoms with E-state index >= 15 is 0 Å². The average molecular weight is 193 g/mol. The van der Waals surface area contributed by atoms with Gasteiger partial charge in [0.1, 0.15) is 17.6 Å². The van der Waals surface area contributed by atoms with Crippen molar-refractivity contribution in [3.8, 4) is 11.5 Å². The summed E-state index contributed by atoms with van der Waals surface area (Å²) in [5.41, 5.74) is 6.63. The van der Waals surface area contributed by atoms with Gasteiger partial charge in [0.05, 0.1) is 0 Å². The molecule has 0 fully saturated rings. The first-order valence-corrected chi connectivity index (χ1v) is 4.98. The predicted molar refractivity (Wildman–Crippen MR) is 54.5 cm³/mol. The Morgan fingerprint density at radius 3 is 3.14 bits per heavy atom. The molecule has 3 heteroatoms. The Labute approximate surface area is 83.5 Å². The molecule has 0 aliphatic carbocycles. The lowest BCUT2D eigenvalue weighted by atomic mass is 10.1. The van der Waals surface area contributed by atoms with Crippen LogP contribution in [0.2, 0.25) is 0 Å². The number of benzene rings is 1. The van der Waals surface area contributed by atoms with E-state index in [0.29, 0.717) is 6.54 Å². The molecule has 1 aliphatic rings. The van der Waals surface area contributed by atoms with Crippen molar-refractivity contribution in [1.29, 1.82) is 0 Å². The highest BCUT2D eigenvalue weighted by atomic mass is 16.5. The van der Waals surface area contributed by atoms with E-state index in [4.69, 9.17) is 10.5 Å². The third kappa shape index (κ3) is 1.82. The molecule has 1 heterocycles. The summed E-state index contributed by atoms with van der Waals surface area (Å²) in [4.78, 5) is 0. The molecule has 1 unspecified atom stereocenters. The number of rotatable bonds is 3. The molecule has 1 aromatic rings. The molecule has 0 radical (unpaired) electrons. The van der Waals surface area contributed by atoms with E-state index in [9.17, 15) is 5.11 Å². The number of aromatic hydroxyl groups is 1. The SMILES string of the molecule is NCCCC1Cc2ccc(O)cc2O1. The Morgan fingerprint density at radius 2 is 2.36 bits per heavy atom. The van der Waals surface area contributed by atoms with Gasteiger partial charge in [-0.05, 0) is 31.0 Å². The summed E-state index contributed by atoms with van der Waals surface area (Å²) < 4.78 is 5.67. The van der Waals surface area contributed by atoms with Crippen molar-refractivity contribution >= 4 is 0 Å². The van der Waals surface area contributed by atoms with Crippen molar-refractivity contribution < 1.29 is 9.84 Å². The van der Waals surface area contributed by atoms with E-state index in [0.717, 1.165) is 25.0 Å². The van der Waals surface area contributed by atoms with Gasteiger partial charge in [0.2, 0.25) is 0 Å². The first-order chi connectivity index (χ1) is 6.79. The minimum Gasteiger partial charge on any atom is -0.508 e. The van der Waals surface area contributed by atoms with Gasteiger partial charge in [-0.1, -0.05) is 6.07 Å². The molecule has 0 saturated carbocycles.